The monoisotopic (exact) mass is 266 g/mol. The molecule has 19 heavy (non-hydrogen) atoms. The Balaban J connectivity index is 1.88. The molecule has 3 rings (SSSR count). The maximum atomic E-state index is 14.2. The van der Waals surface area contributed by atoms with Gasteiger partial charge in [-0.05, 0) is 37.6 Å². The van der Waals surface area contributed by atoms with E-state index in [1.54, 1.807) is 13.0 Å². The van der Waals surface area contributed by atoms with Crippen LogP contribution in [0.4, 0.5) is 8.78 Å². The van der Waals surface area contributed by atoms with Crippen LogP contribution in [0, 0.1) is 6.92 Å². The Hall–Kier alpha value is -1.49. The van der Waals surface area contributed by atoms with E-state index in [1.807, 2.05) is 0 Å². The Kier molecular flexibility index (Phi) is 3.01. The van der Waals surface area contributed by atoms with E-state index in [1.165, 1.54) is 12.1 Å². The molecule has 0 aliphatic carbocycles. The summed E-state index contributed by atoms with van der Waals surface area (Å²) in [7, 11) is 0. The lowest BCUT2D eigenvalue weighted by Gasteiger charge is -2.20. The minimum atomic E-state index is -2.83. The zero-order valence-corrected chi connectivity index (χ0v) is 10.7. The molecule has 0 saturated carbocycles. The van der Waals surface area contributed by atoms with Gasteiger partial charge in [0.05, 0.1) is 0 Å². The fourth-order valence-electron chi connectivity index (χ4n) is 2.63. The molecule has 1 saturated heterocycles. The van der Waals surface area contributed by atoms with Gasteiger partial charge in [-0.2, -0.15) is 0 Å². The highest BCUT2D eigenvalue weighted by atomic mass is 19.3. The number of alkyl halides is 2. The first-order chi connectivity index (χ1) is 9.04. The molecule has 3 nitrogen and oxygen atoms in total. The lowest BCUT2D eigenvalue weighted by atomic mass is 9.99. The molecular formula is C14H16F2N2O. The van der Waals surface area contributed by atoms with E-state index in [-0.39, 0.29) is 18.0 Å². The number of fused-ring (bicyclic) bond motifs is 1. The fraction of sp³-hybridized carbons (Fsp3) is 0.500. The number of aromatic nitrogens is 1. The summed E-state index contributed by atoms with van der Waals surface area (Å²) in [6.45, 7) is 2.54. The van der Waals surface area contributed by atoms with Crippen LogP contribution in [0.25, 0.3) is 11.1 Å². The first kappa shape index (κ1) is 12.5. The van der Waals surface area contributed by atoms with Crippen LogP contribution in [0.1, 0.15) is 30.7 Å². The van der Waals surface area contributed by atoms with Crippen LogP contribution >= 0.6 is 0 Å². The van der Waals surface area contributed by atoms with E-state index in [0.29, 0.717) is 17.0 Å². The fourth-order valence-corrected chi connectivity index (χ4v) is 2.63. The average Bonchev–Trinajstić information content (AvgIpc) is 2.95. The highest BCUT2D eigenvalue weighted by Gasteiger charge is 2.36. The molecule has 0 spiro atoms. The third-order valence-electron chi connectivity index (χ3n) is 3.58. The maximum Gasteiger partial charge on any atom is 0.274 e. The van der Waals surface area contributed by atoms with Crippen LogP contribution in [-0.2, 0) is 5.92 Å². The lowest BCUT2D eigenvalue weighted by Crippen LogP contribution is -2.29. The highest BCUT2D eigenvalue weighted by molar-refractivity contribution is 5.73. The molecule has 1 aliphatic heterocycles. The van der Waals surface area contributed by atoms with Crippen molar-refractivity contribution in [3.8, 4) is 0 Å². The van der Waals surface area contributed by atoms with Crippen LogP contribution < -0.4 is 5.32 Å². The lowest BCUT2D eigenvalue weighted by molar-refractivity contribution is -0.0212. The Bertz CT molecular complexity index is 588. The van der Waals surface area contributed by atoms with Gasteiger partial charge in [-0.1, -0.05) is 0 Å². The molecule has 1 atom stereocenters. The second kappa shape index (κ2) is 4.56. The normalized spacial score (nSPS) is 20.3. The highest BCUT2D eigenvalue weighted by Crippen LogP contribution is 2.35. The van der Waals surface area contributed by atoms with Crippen LogP contribution in [0.2, 0.25) is 0 Å². The number of benzene rings is 1. The van der Waals surface area contributed by atoms with Crippen LogP contribution in [0.3, 0.4) is 0 Å². The molecule has 0 radical (unpaired) electrons. The summed E-state index contributed by atoms with van der Waals surface area (Å²) in [4.78, 5) is 4.10. The van der Waals surface area contributed by atoms with Crippen molar-refractivity contribution in [1.82, 2.24) is 10.3 Å². The van der Waals surface area contributed by atoms with Gasteiger partial charge in [-0.3, -0.25) is 0 Å². The minimum Gasteiger partial charge on any atom is -0.441 e. The van der Waals surface area contributed by atoms with Crippen molar-refractivity contribution in [1.29, 1.82) is 0 Å². The summed E-state index contributed by atoms with van der Waals surface area (Å²) >= 11 is 0. The summed E-state index contributed by atoms with van der Waals surface area (Å²) in [5, 5.41) is 3.11. The van der Waals surface area contributed by atoms with Gasteiger partial charge in [0, 0.05) is 24.9 Å². The van der Waals surface area contributed by atoms with Gasteiger partial charge in [-0.15, -0.1) is 0 Å². The molecule has 1 aromatic heterocycles. The van der Waals surface area contributed by atoms with Gasteiger partial charge < -0.3 is 9.73 Å². The van der Waals surface area contributed by atoms with Crippen molar-refractivity contribution >= 4 is 11.1 Å². The number of hydrogen-bond donors (Lipinski definition) is 1. The van der Waals surface area contributed by atoms with Gasteiger partial charge >= 0.3 is 0 Å². The van der Waals surface area contributed by atoms with Crippen molar-refractivity contribution in [3.05, 3.63) is 29.7 Å². The van der Waals surface area contributed by atoms with Crippen molar-refractivity contribution in [2.24, 2.45) is 0 Å². The first-order valence-corrected chi connectivity index (χ1v) is 6.53. The predicted molar refractivity (Wildman–Crippen MR) is 68.3 cm³/mol. The number of nitrogens with zero attached hydrogens (tertiary/aromatic N) is 1. The molecule has 0 amide bonds. The van der Waals surface area contributed by atoms with Crippen LogP contribution in [0.5, 0.6) is 0 Å². The molecule has 5 heteroatoms. The third kappa shape index (κ3) is 2.47. The molecule has 1 aromatic carbocycles. The number of oxazole rings is 1. The van der Waals surface area contributed by atoms with Crippen molar-refractivity contribution in [3.63, 3.8) is 0 Å². The number of rotatable bonds is 3. The van der Waals surface area contributed by atoms with Crippen LogP contribution in [0.15, 0.2) is 22.6 Å². The summed E-state index contributed by atoms with van der Waals surface area (Å²) in [5.41, 5.74) is 1.06. The largest absolute Gasteiger partial charge is 0.441 e. The second-order valence-corrected chi connectivity index (χ2v) is 5.12. The Morgan fingerprint density at radius 3 is 3.05 bits per heavy atom. The molecule has 1 N–H and O–H groups in total. The summed E-state index contributed by atoms with van der Waals surface area (Å²) in [6.07, 6.45) is 1.64. The van der Waals surface area contributed by atoms with Crippen LogP contribution in [-0.4, -0.2) is 17.6 Å². The summed E-state index contributed by atoms with van der Waals surface area (Å²) in [6, 6.07) is 4.34. The average molecular weight is 266 g/mol. The van der Waals surface area contributed by atoms with E-state index in [4.69, 9.17) is 4.42 Å². The molecule has 1 unspecified atom stereocenters. The number of nitrogens with one attached hydrogen (secondary N) is 1. The van der Waals surface area contributed by atoms with Gasteiger partial charge in [-0.25, -0.2) is 13.8 Å². The number of halogens is 2. The number of hydrogen-bond acceptors (Lipinski definition) is 3. The van der Waals surface area contributed by atoms with Crippen molar-refractivity contribution < 1.29 is 13.2 Å². The minimum absolute atomic E-state index is 0.0157. The molecule has 2 aromatic rings. The molecule has 102 valence electrons. The smallest absolute Gasteiger partial charge is 0.274 e. The zero-order valence-electron chi connectivity index (χ0n) is 10.7. The molecule has 0 bridgehead atoms. The quantitative estimate of drug-likeness (QED) is 0.925. The summed E-state index contributed by atoms with van der Waals surface area (Å²) in [5.74, 6) is -2.34. The standard InChI is InChI=1S/C14H16F2N2O/c1-9-18-12-7-10(4-5-13(12)19-9)14(15,16)8-11-3-2-6-17-11/h4-5,7,11,17H,2-3,6,8H2,1H3. The van der Waals surface area contributed by atoms with E-state index >= 15 is 0 Å². The maximum absolute atomic E-state index is 14.2. The Labute approximate surface area is 110 Å². The zero-order chi connectivity index (χ0) is 13.5. The second-order valence-electron chi connectivity index (χ2n) is 5.12. The van der Waals surface area contributed by atoms with E-state index < -0.39 is 5.92 Å². The molecule has 2 heterocycles. The van der Waals surface area contributed by atoms with Crippen molar-refractivity contribution in [2.45, 2.75) is 38.2 Å². The first-order valence-electron chi connectivity index (χ1n) is 6.53. The van der Waals surface area contributed by atoms with Gasteiger partial charge in [0.2, 0.25) is 0 Å². The number of aryl methyl sites for hydroxylation is 1. The van der Waals surface area contributed by atoms with E-state index in [2.05, 4.69) is 10.3 Å². The van der Waals surface area contributed by atoms with E-state index in [0.717, 1.165) is 19.4 Å². The molecular weight excluding hydrogens is 250 g/mol. The third-order valence-corrected chi connectivity index (χ3v) is 3.58. The topological polar surface area (TPSA) is 38.1 Å². The Morgan fingerprint density at radius 1 is 1.47 bits per heavy atom. The van der Waals surface area contributed by atoms with E-state index in [9.17, 15) is 8.78 Å². The Morgan fingerprint density at radius 2 is 2.32 bits per heavy atom. The summed E-state index contributed by atoms with van der Waals surface area (Å²) < 4.78 is 33.8. The van der Waals surface area contributed by atoms with Gasteiger partial charge in [0.1, 0.15) is 5.52 Å². The van der Waals surface area contributed by atoms with Crippen molar-refractivity contribution in [2.75, 3.05) is 6.54 Å². The van der Waals surface area contributed by atoms with Gasteiger partial charge in [0.15, 0.2) is 11.5 Å². The molecule has 1 fully saturated rings. The predicted octanol–water partition coefficient (Wildman–Crippen LogP) is 3.37. The van der Waals surface area contributed by atoms with Gasteiger partial charge in [0.25, 0.3) is 5.92 Å². The molecule has 1 aliphatic rings. The SMILES string of the molecule is Cc1nc2cc(C(F)(F)CC3CCCN3)ccc2o1.